The lowest BCUT2D eigenvalue weighted by molar-refractivity contribution is 0.580. The highest BCUT2D eigenvalue weighted by Crippen LogP contribution is 2.16. The van der Waals surface area contributed by atoms with Gasteiger partial charge in [0, 0.05) is 17.6 Å². The molecule has 3 N–H and O–H groups in total. The van der Waals surface area contributed by atoms with E-state index in [4.69, 9.17) is 5.73 Å². The van der Waals surface area contributed by atoms with Crippen LogP contribution in [0.5, 0.6) is 0 Å². The van der Waals surface area contributed by atoms with E-state index in [1.807, 2.05) is 24.3 Å². The second-order valence-electron chi connectivity index (χ2n) is 4.26. The predicted octanol–water partition coefficient (Wildman–Crippen LogP) is 2.39. The van der Waals surface area contributed by atoms with Crippen molar-refractivity contribution in [3.05, 3.63) is 64.1 Å². The highest BCUT2D eigenvalue weighted by Gasteiger charge is 2.16. The summed E-state index contributed by atoms with van der Waals surface area (Å²) in [6.45, 7) is 0.434. The van der Waals surface area contributed by atoms with Gasteiger partial charge in [-0.3, -0.25) is 0 Å². The van der Waals surface area contributed by atoms with Gasteiger partial charge in [-0.25, -0.2) is 13.1 Å². The molecule has 106 valence electrons. The highest BCUT2D eigenvalue weighted by atomic mass is 79.9. The zero-order valence-electron chi connectivity index (χ0n) is 10.7. The molecule has 0 atom stereocenters. The van der Waals surface area contributed by atoms with Crippen molar-refractivity contribution in [3.63, 3.8) is 0 Å². The summed E-state index contributed by atoms with van der Waals surface area (Å²) in [5.74, 6) is 0. The minimum atomic E-state index is -3.55. The Bertz CT molecular complexity index is 685. The highest BCUT2D eigenvalue weighted by molar-refractivity contribution is 9.10. The predicted molar refractivity (Wildman–Crippen MR) is 82.5 cm³/mol. The number of rotatable bonds is 5. The summed E-state index contributed by atoms with van der Waals surface area (Å²) in [6.07, 6.45) is 0. The lowest BCUT2D eigenvalue weighted by Gasteiger charge is -2.10. The molecule has 4 nitrogen and oxygen atoms in total. The van der Waals surface area contributed by atoms with Crippen molar-refractivity contribution in [2.45, 2.75) is 18.0 Å². The number of benzene rings is 2. The molecule has 0 unspecified atom stereocenters. The van der Waals surface area contributed by atoms with E-state index in [1.54, 1.807) is 24.3 Å². The summed E-state index contributed by atoms with van der Waals surface area (Å²) in [4.78, 5) is 0.236. The van der Waals surface area contributed by atoms with E-state index < -0.39 is 10.0 Å². The second-order valence-corrected chi connectivity index (χ2v) is 6.91. The Morgan fingerprint density at radius 2 is 1.70 bits per heavy atom. The van der Waals surface area contributed by atoms with Crippen LogP contribution >= 0.6 is 15.9 Å². The Morgan fingerprint density at radius 1 is 1.05 bits per heavy atom. The van der Waals surface area contributed by atoms with Gasteiger partial charge in [0.25, 0.3) is 0 Å². The Hall–Kier alpha value is -1.21. The van der Waals surface area contributed by atoms with Gasteiger partial charge in [0.1, 0.15) is 0 Å². The van der Waals surface area contributed by atoms with E-state index in [1.165, 1.54) is 0 Å². The molecule has 2 aromatic rings. The fraction of sp³-hybridized carbons (Fsp3) is 0.143. The molecule has 2 aromatic carbocycles. The Labute approximate surface area is 127 Å². The Kier molecular flexibility index (Phi) is 4.93. The molecule has 0 heterocycles. The first kappa shape index (κ1) is 15.2. The van der Waals surface area contributed by atoms with Gasteiger partial charge >= 0.3 is 0 Å². The number of halogens is 1. The number of hydrogen-bond acceptors (Lipinski definition) is 3. The molecular formula is C14H15BrN2O2S. The molecule has 0 saturated heterocycles. The Balaban J connectivity index is 2.17. The van der Waals surface area contributed by atoms with E-state index in [-0.39, 0.29) is 18.0 Å². The smallest absolute Gasteiger partial charge is 0.241 e. The molecule has 0 fully saturated rings. The maximum absolute atomic E-state index is 12.3. The van der Waals surface area contributed by atoms with Gasteiger partial charge < -0.3 is 5.73 Å². The number of nitrogens with two attached hydrogens (primary N) is 1. The number of sulfonamides is 1. The van der Waals surface area contributed by atoms with Crippen LogP contribution in [-0.4, -0.2) is 8.42 Å². The van der Waals surface area contributed by atoms with Crippen molar-refractivity contribution >= 4 is 26.0 Å². The summed E-state index contributed by atoms with van der Waals surface area (Å²) in [7, 11) is -3.55. The van der Waals surface area contributed by atoms with E-state index in [0.29, 0.717) is 5.56 Å². The first-order valence-corrected chi connectivity index (χ1v) is 8.32. The molecule has 0 aromatic heterocycles. The maximum Gasteiger partial charge on any atom is 0.241 e. The molecule has 0 aliphatic heterocycles. The van der Waals surface area contributed by atoms with Crippen LogP contribution in [0.2, 0.25) is 0 Å². The lowest BCUT2D eigenvalue weighted by Crippen LogP contribution is -2.24. The molecule has 0 saturated carbocycles. The normalized spacial score (nSPS) is 11.5. The monoisotopic (exact) mass is 354 g/mol. The van der Waals surface area contributed by atoms with E-state index in [9.17, 15) is 8.42 Å². The third kappa shape index (κ3) is 3.67. The van der Waals surface area contributed by atoms with Crippen LogP contribution in [0.3, 0.4) is 0 Å². The molecule has 0 spiro atoms. The van der Waals surface area contributed by atoms with Gasteiger partial charge in [0.05, 0.1) is 4.90 Å². The summed E-state index contributed by atoms with van der Waals surface area (Å²) >= 11 is 3.34. The molecule has 0 aliphatic carbocycles. The molecule has 0 amide bonds. The average molecular weight is 355 g/mol. The molecule has 0 aliphatic rings. The number of nitrogens with one attached hydrogen (secondary N) is 1. The molecule has 20 heavy (non-hydrogen) atoms. The van der Waals surface area contributed by atoms with Crippen LogP contribution < -0.4 is 10.5 Å². The largest absolute Gasteiger partial charge is 0.326 e. The fourth-order valence-corrected chi connectivity index (χ4v) is 3.32. The van der Waals surface area contributed by atoms with Crippen molar-refractivity contribution in [1.82, 2.24) is 4.72 Å². The minimum absolute atomic E-state index is 0.190. The molecule has 0 radical (unpaired) electrons. The molecular weight excluding hydrogens is 340 g/mol. The SMILES string of the molecule is NCc1ccccc1S(=O)(=O)NCc1ccc(Br)cc1. The standard InChI is InChI=1S/C14H15BrN2O2S/c15-13-7-5-11(6-8-13)10-17-20(18,19)14-4-2-1-3-12(14)9-16/h1-8,17H,9-10,16H2. The van der Waals surface area contributed by atoms with Gasteiger partial charge in [0.15, 0.2) is 0 Å². The zero-order valence-corrected chi connectivity index (χ0v) is 13.1. The number of hydrogen-bond donors (Lipinski definition) is 2. The van der Waals surface area contributed by atoms with Gasteiger partial charge in [-0.2, -0.15) is 0 Å². The van der Waals surface area contributed by atoms with Gasteiger partial charge in [-0.05, 0) is 29.3 Å². The van der Waals surface area contributed by atoms with Gasteiger partial charge in [-0.15, -0.1) is 0 Å². The Morgan fingerprint density at radius 3 is 2.35 bits per heavy atom. The first-order chi connectivity index (χ1) is 9.53. The molecule has 2 rings (SSSR count). The molecule has 6 heteroatoms. The van der Waals surface area contributed by atoms with Gasteiger partial charge in [-0.1, -0.05) is 46.3 Å². The van der Waals surface area contributed by atoms with Crippen molar-refractivity contribution in [2.24, 2.45) is 5.73 Å². The van der Waals surface area contributed by atoms with Crippen molar-refractivity contribution in [2.75, 3.05) is 0 Å². The molecule has 0 bridgehead atoms. The summed E-state index contributed by atoms with van der Waals surface area (Å²) < 4.78 is 28.1. The van der Waals surface area contributed by atoms with Crippen LogP contribution in [0.4, 0.5) is 0 Å². The van der Waals surface area contributed by atoms with E-state index >= 15 is 0 Å². The van der Waals surface area contributed by atoms with Crippen LogP contribution in [0.15, 0.2) is 57.9 Å². The third-order valence-electron chi connectivity index (χ3n) is 2.86. The topological polar surface area (TPSA) is 72.2 Å². The van der Waals surface area contributed by atoms with Gasteiger partial charge in [0.2, 0.25) is 10.0 Å². The quantitative estimate of drug-likeness (QED) is 0.865. The van der Waals surface area contributed by atoms with Crippen LogP contribution in [0.25, 0.3) is 0 Å². The van der Waals surface area contributed by atoms with Crippen molar-refractivity contribution < 1.29 is 8.42 Å². The van der Waals surface area contributed by atoms with Crippen LogP contribution in [-0.2, 0) is 23.1 Å². The van der Waals surface area contributed by atoms with E-state index in [0.717, 1.165) is 10.0 Å². The fourth-order valence-electron chi connectivity index (χ4n) is 1.79. The summed E-state index contributed by atoms with van der Waals surface area (Å²) in [5, 5.41) is 0. The maximum atomic E-state index is 12.3. The minimum Gasteiger partial charge on any atom is -0.326 e. The zero-order chi connectivity index (χ0) is 14.6. The summed E-state index contributed by atoms with van der Waals surface area (Å²) in [6, 6.07) is 14.2. The first-order valence-electron chi connectivity index (χ1n) is 6.05. The van der Waals surface area contributed by atoms with Crippen LogP contribution in [0, 0.1) is 0 Å². The van der Waals surface area contributed by atoms with E-state index in [2.05, 4.69) is 20.7 Å². The average Bonchev–Trinajstić information content (AvgIpc) is 2.46. The van der Waals surface area contributed by atoms with Crippen molar-refractivity contribution in [1.29, 1.82) is 0 Å². The van der Waals surface area contributed by atoms with Crippen LogP contribution in [0.1, 0.15) is 11.1 Å². The van der Waals surface area contributed by atoms with Crippen molar-refractivity contribution in [3.8, 4) is 0 Å². The second kappa shape index (κ2) is 6.49. The summed E-state index contributed by atoms with van der Waals surface area (Å²) in [5.41, 5.74) is 7.07. The lowest BCUT2D eigenvalue weighted by atomic mass is 10.2. The third-order valence-corrected chi connectivity index (χ3v) is 4.89.